The number of benzene rings is 1. The molecule has 2 N–H and O–H groups in total. The summed E-state index contributed by atoms with van der Waals surface area (Å²) in [5.74, 6) is 2.92. The number of hydrogen-bond acceptors (Lipinski definition) is 3. The number of aryl methyl sites for hydroxylation is 1. The van der Waals surface area contributed by atoms with Crippen molar-refractivity contribution in [3.05, 3.63) is 47.0 Å². The van der Waals surface area contributed by atoms with Crippen LogP contribution >= 0.6 is 24.0 Å². The van der Waals surface area contributed by atoms with Gasteiger partial charge in [-0.05, 0) is 42.7 Å². The van der Waals surface area contributed by atoms with Gasteiger partial charge in [0.1, 0.15) is 12.4 Å². The zero-order chi connectivity index (χ0) is 20.7. The number of guanidine groups is 1. The van der Waals surface area contributed by atoms with Gasteiger partial charge in [0, 0.05) is 26.1 Å². The molecule has 0 fully saturated rings. The first-order valence-electron chi connectivity index (χ1n) is 11.0. The topological polar surface area (TPSA) is 67.1 Å². The van der Waals surface area contributed by atoms with E-state index < -0.39 is 0 Å². The van der Waals surface area contributed by atoms with E-state index in [0.717, 1.165) is 50.1 Å². The maximum atomic E-state index is 4.74. The van der Waals surface area contributed by atoms with Crippen molar-refractivity contribution >= 4 is 29.9 Å². The van der Waals surface area contributed by atoms with Crippen LogP contribution in [0.3, 0.4) is 0 Å². The minimum Gasteiger partial charge on any atom is -0.357 e. The molecule has 166 valence electrons. The van der Waals surface area contributed by atoms with Gasteiger partial charge >= 0.3 is 0 Å². The highest BCUT2D eigenvalue weighted by Gasteiger charge is 2.14. The second kappa shape index (κ2) is 11.7. The zero-order valence-corrected chi connectivity index (χ0v) is 21.2. The number of nitrogens with one attached hydrogen (secondary N) is 2. The molecule has 0 saturated carbocycles. The Bertz CT molecular complexity index is 804. The molecule has 0 bridgehead atoms. The predicted octanol–water partition coefficient (Wildman–Crippen LogP) is 4.22. The molecule has 6 nitrogen and oxygen atoms in total. The van der Waals surface area contributed by atoms with E-state index in [1.807, 2.05) is 0 Å². The molecule has 0 radical (unpaired) electrons. The Morgan fingerprint density at radius 3 is 2.53 bits per heavy atom. The minimum absolute atomic E-state index is 0. The second-order valence-corrected chi connectivity index (χ2v) is 8.81. The second-order valence-electron chi connectivity index (χ2n) is 8.81. The summed E-state index contributed by atoms with van der Waals surface area (Å²) in [5, 5.41) is 15.5. The summed E-state index contributed by atoms with van der Waals surface area (Å²) in [6, 6.07) is 8.95. The van der Waals surface area contributed by atoms with Gasteiger partial charge in [-0.25, -0.2) is 4.99 Å². The highest BCUT2D eigenvalue weighted by molar-refractivity contribution is 14.0. The summed E-state index contributed by atoms with van der Waals surface area (Å²) in [4.78, 5) is 4.74. The van der Waals surface area contributed by atoms with Gasteiger partial charge in [0.25, 0.3) is 0 Å². The molecule has 7 heteroatoms. The minimum atomic E-state index is 0. The molecule has 0 aliphatic carbocycles. The molecule has 2 heterocycles. The number of hydrogen-bond donors (Lipinski definition) is 2. The van der Waals surface area contributed by atoms with Crippen molar-refractivity contribution in [2.45, 2.75) is 78.3 Å². The monoisotopic (exact) mass is 524 g/mol. The predicted molar refractivity (Wildman–Crippen MR) is 135 cm³/mol. The van der Waals surface area contributed by atoms with Crippen LogP contribution < -0.4 is 10.6 Å². The number of halogens is 1. The first kappa shape index (κ1) is 24.6. The van der Waals surface area contributed by atoms with E-state index in [2.05, 4.69) is 77.4 Å². The van der Waals surface area contributed by atoms with E-state index in [4.69, 9.17) is 4.99 Å². The van der Waals surface area contributed by atoms with Crippen molar-refractivity contribution in [1.82, 2.24) is 25.4 Å². The first-order valence-corrected chi connectivity index (χ1v) is 11.0. The molecular formula is C23H37IN6. The lowest BCUT2D eigenvalue weighted by atomic mass is 9.86. The molecule has 3 rings (SSSR count). The fraction of sp³-hybridized carbons (Fsp3) is 0.609. The van der Waals surface area contributed by atoms with Gasteiger partial charge < -0.3 is 15.2 Å². The molecule has 1 aliphatic heterocycles. The lowest BCUT2D eigenvalue weighted by Crippen LogP contribution is -2.38. The first-order chi connectivity index (χ1) is 14.0. The van der Waals surface area contributed by atoms with Crippen molar-refractivity contribution in [3.63, 3.8) is 0 Å². The third-order valence-electron chi connectivity index (χ3n) is 5.44. The number of aliphatic imine (C=N–C) groups is 1. The quantitative estimate of drug-likeness (QED) is 0.338. The summed E-state index contributed by atoms with van der Waals surface area (Å²) >= 11 is 0. The molecule has 0 unspecified atom stereocenters. The Labute approximate surface area is 198 Å². The normalized spacial score (nSPS) is 14.5. The Morgan fingerprint density at radius 2 is 1.83 bits per heavy atom. The molecule has 1 aromatic carbocycles. The van der Waals surface area contributed by atoms with E-state index >= 15 is 0 Å². The molecule has 0 atom stereocenters. The number of fused-ring (bicyclic) bond motifs is 1. The van der Waals surface area contributed by atoms with E-state index in [9.17, 15) is 0 Å². The van der Waals surface area contributed by atoms with Crippen molar-refractivity contribution in [2.24, 2.45) is 4.99 Å². The van der Waals surface area contributed by atoms with Crippen molar-refractivity contribution in [3.8, 4) is 0 Å². The maximum absolute atomic E-state index is 4.74. The van der Waals surface area contributed by atoms with E-state index in [1.165, 1.54) is 30.4 Å². The summed E-state index contributed by atoms with van der Waals surface area (Å²) in [7, 11) is 0. The van der Waals surface area contributed by atoms with Crippen LogP contribution in [0.25, 0.3) is 0 Å². The van der Waals surface area contributed by atoms with Gasteiger partial charge in [0.15, 0.2) is 11.8 Å². The van der Waals surface area contributed by atoms with Crippen LogP contribution in [0.2, 0.25) is 0 Å². The third-order valence-corrected chi connectivity index (χ3v) is 5.44. The summed E-state index contributed by atoms with van der Waals surface area (Å²) in [6.07, 6.45) is 5.68. The number of nitrogens with zero attached hydrogens (tertiary/aromatic N) is 4. The number of rotatable bonds is 6. The standard InChI is InChI=1S/C23H36N6.HI/c1-5-24-22(25-15-14-18-10-12-19(13-11-18)23(2,3)4)26-17-21-28-27-20-9-7-6-8-16-29(20)21;/h10-13H,5-9,14-17H2,1-4H3,(H2,24,25,26);1H. The van der Waals surface area contributed by atoms with Crippen molar-refractivity contribution in [2.75, 3.05) is 13.1 Å². The largest absolute Gasteiger partial charge is 0.357 e. The van der Waals surface area contributed by atoms with E-state index in [1.54, 1.807) is 0 Å². The average Bonchev–Trinajstić information content (AvgIpc) is 2.92. The molecule has 0 spiro atoms. The highest BCUT2D eigenvalue weighted by atomic mass is 127. The van der Waals surface area contributed by atoms with Gasteiger partial charge in [0.2, 0.25) is 0 Å². The SMILES string of the molecule is CCNC(=NCc1nnc2n1CCCCC2)NCCc1ccc(C(C)(C)C)cc1.I. The Morgan fingerprint density at radius 1 is 1.07 bits per heavy atom. The van der Waals surface area contributed by atoms with Crippen LogP contribution in [0, 0.1) is 0 Å². The van der Waals surface area contributed by atoms with Crippen LogP contribution in [-0.4, -0.2) is 33.8 Å². The fourth-order valence-electron chi connectivity index (χ4n) is 3.65. The Hall–Kier alpha value is -1.64. The fourth-order valence-corrected chi connectivity index (χ4v) is 3.65. The van der Waals surface area contributed by atoms with Crippen LogP contribution in [-0.2, 0) is 31.3 Å². The van der Waals surface area contributed by atoms with Gasteiger partial charge in [0.05, 0.1) is 0 Å². The average molecular weight is 524 g/mol. The molecule has 30 heavy (non-hydrogen) atoms. The molecular weight excluding hydrogens is 487 g/mol. The van der Waals surface area contributed by atoms with Gasteiger partial charge in [-0.2, -0.15) is 0 Å². The zero-order valence-electron chi connectivity index (χ0n) is 18.9. The number of aromatic nitrogens is 3. The Balaban J connectivity index is 0.00000320. The lowest BCUT2D eigenvalue weighted by molar-refractivity contribution is 0.590. The molecule has 1 aromatic heterocycles. The highest BCUT2D eigenvalue weighted by Crippen LogP contribution is 2.22. The van der Waals surface area contributed by atoms with Crippen molar-refractivity contribution in [1.29, 1.82) is 0 Å². The summed E-state index contributed by atoms with van der Waals surface area (Å²) in [5.41, 5.74) is 2.90. The van der Waals surface area contributed by atoms with E-state index in [-0.39, 0.29) is 29.4 Å². The van der Waals surface area contributed by atoms with Crippen LogP contribution in [0.5, 0.6) is 0 Å². The summed E-state index contributed by atoms with van der Waals surface area (Å²) < 4.78 is 2.26. The molecule has 2 aromatic rings. The smallest absolute Gasteiger partial charge is 0.191 e. The van der Waals surface area contributed by atoms with Crippen molar-refractivity contribution < 1.29 is 0 Å². The van der Waals surface area contributed by atoms with Gasteiger partial charge in [-0.1, -0.05) is 51.5 Å². The van der Waals surface area contributed by atoms with Gasteiger partial charge in [-0.15, -0.1) is 34.2 Å². The lowest BCUT2D eigenvalue weighted by Gasteiger charge is -2.19. The van der Waals surface area contributed by atoms with Crippen LogP contribution in [0.15, 0.2) is 29.3 Å². The van der Waals surface area contributed by atoms with Crippen LogP contribution in [0.1, 0.15) is 69.7 Å². The van der Waals surface area contributed by atoms with Crippen LogP contribution in [0.4, 0.5) is 0 Å². The Kier molecular flexibility index (Phi) is 9.58. The molecule has 0 amide bonds. The third kappa shape index (κ3) is 6.96. The summed E-state index contributed by atoms with van der Waals surface area (Å²) in [6.45, 7) is 12.1. The van der Waals surface area contributed by atoms with E-state index in [0.29, 0.717) is 6.54 Å². The maximum Gasteiger partial charge on any atom is 0.191 e. The van der Waals surface area contributed by atoms with Gasteiger partial charge in [-0.3, -0.25) is 0 Å². The molecule has 0 saturated heterocycles. The molecule has 1 aliphatic rings.